The molecular weight excluding hydrogens is 410 g/mol. The number of aromatic nitrogens is 4. The number of carbonyl (C=O) groups excluding carboxylic acids is 1. The lowest BCUT2D eigenvalue weighted by Gasteiger charge is -2.22. The molecule has 0 aliphatic heterocycles. The fourth-order valence-corrected chi connectivity index (χ4v) is 3.95. The normalized spacial score (nSPS) is 11.9. The van der Waals surface area contributed by atoms with Crippen molar-refractivity contribution in [1.82, 2.24) is 25.5 Å². The summed E-state index contributed by atoms with van der Waals surface area (Å²) in [6.07, 6.45) is 0. The summed E-state index contributed by atoms with van der Waals surface area (Å²) in [6.45, 7) is 1.82. The lowest BCUT2D eigenvalue weighted by atomic mass is 9.98. The average molecular weight is 432 g/mol. The van der Waals surface area contributed by atoms with Gasteiger partial charge in [0, 0.05) is 0 Å². The van der Waals surface area contributed by atoms with Gasteiger partial charge in [0.1, 0.15) is 5.75 Å². The Morgan fingerprint density at radius 2 is 1.52 bits per heavy atom. The lowest BCUT2D eigenvalue weighted by Crippen LogP contribution is -2.35. The largest absolute Gasteiger partial charge is 0.508 e. The zero-order valence-corrected chi connectivity index (χ0v) is 17.6. The van der Waals surface area contributed by atoms with Crippen molar-refractivity contribution in [2.45, 2.75) is 23.4 Å². The van der Waals surface area contributed by atoms with Crippen molar-refractivity contribution in [1.29, 1.82) is 0 Å². The highest BCUT2D eigenvalue weighted by atomic mass is 32.2. The maximum atomic E-state index is 13.1. The van der Waals surface area contributed by atoms with Crippen LogP contribution in [0.2, 0.25) is 0 Å². The molecule has 1 aromatic heterocycles. The summed E-state index contributed by atoms with van der Waals surface area (Å²) >= 11 is 1.27. The van der Waals surface area contributed by atoms with Crippen LogP contribution in [0.4, 0.5) is 0 Å². The molecule has 0 saturated carbocycles. The van der Waals surface area contributed by atoms with Gasteiger partial charge in [-0.25, -0.2) is 0 Å². The number of nitrogens with one attached hydrogen (secondary N) is 1. The minimum Gasteiger partial charge on any atom is -0.508 e. The average Bonchev–Trinajstić information content (AvgIpc) is 3.27. The Balaban J connectivity index is 1.52. The standard InChI is InChI=1S/C23H21N5O2S/c1-16(31-23-25-26-27-28(23)19-12-14-20(29)15-13-19)22(30)24-21(17-8-4-2-5-9-17)18-10-6-3-7-11-18/h2-16,21,29H,1H3,(H,24,30). The molecule has 0 bridgehead atoms. The summed E-state index contributed by atoms with van der Waals surface area (Å²) in [5.74, 6) is 0.0367. The molecule has 0 aliphatic carbocycles. The number of hydrogen-bond donors (Lipinski definition) is 2. The fourth-order valence-electron chi connectivity index (χ4n) is 3.13. The number of nitrogens with zero attached hydrogens (tertiary/aromatic N) is 4. The molecule has 0 aliphatic rings. The number of hydrogen-bond acceptors (Lipinski definition) is 6. The molecule has 0 fully saturated rings. The van der Waals surface area contributed by atoms with E-state index in [-0.39, 0.29) is 17.7 Å². The van der Waals surface area contributed by atoms with Gasteiger partial charge in [-0.1, -0.05) is 72.4 Å². The summed E-state index contributed by atoms with van der Waals surface area (Å²) in [6, 6.07) is 26.0. The number of benzene rings is 3. The van der Waals surface area contributed by atoms with Gasteiger partial charge in [-0.15, -0.1) is 5.10 Å². The third-order valence-electron chi connectivity index (χ3n) is 4.74. The van der Waals surface area contributed by atoms with E-state index in [0.717, 1.165) is 11.1 Å². The monoisotopic (exact) mass is 431 g/mol. The van der Waals surface area contributed by atoms with Gasteiger partial charge in [-0.2, -0.15) is 4.68 Å². The minimum absolute atomic E-state index is 0.122. The Hall–Kier alpha value is -3.65. The van der Waals surface area contributed by atoms with Gasteiger partial charge in [0.05, 0.1) is 17.0 Å². The summed E-state index contributed by atoms with van der Waals surface area (Å²) in [4.78, 5) is 13.1. The van der Waals surface area contributed by atoms with Gasteiger partial charge in [0.15, 0.2) is 0 Å². The second kappa shape index (κ2) is 9.44. The molecule has 4 rings (SSSR count). The predicted molar refractivity (Wildman–Crippen MR) is 119 cm³/mol. The van der Waals surface area contributed by atoms with E-state index in [1.807, 2.05) is 67.6 Å². The van der Waals surface area contributed by atoms with E-state index in [1.54, 1.807) is 28.9 Å². The lowest BCUT2D eigenvalue weighted by molar-refractivity contribution is -0.120. The van der Waals surface area contributed by atoms with Crippen LogP contribution in [0.15, 0.2) is 90.1 Å². The van der Waals surface area contributed by atoms with Gasteiger partial charge in [0.25, 0.3) is 0 Å². The van der Waals surface area contributed by atoms with Crippen molar-refractivity contribution in [3.05, 3.63) is 96.1 Å². The Morgan fingerprint density at radius 3 is 2.10 bits per heavy atom. The van der Waals surface area contributed by atoms with Crippen molar-refractivity contribution in [3.8, 4) is 11.4 Å². The highest BCUT2D eigenvalue weighted by Crippen LogP contribution is 2.26. The van der Waals surface area contributed by atoms with E-state index in [1.165, 1.54) is 11.8 Å². The smallest absolute Gasteiger partial charge is 0.234 e. The van der Waals surface area contributed by atoms with Crippen LogP contribution in [0.25, 0.3) is 5.69 Å². The van der Waals surface area contributed by atoms with Crippen molar-refractivity contribution in [2.24, 2.45) is 0 Å². The first-order chi connectivity index (χ1) is 15.1. The molecule has 0 radical (unpaired) electrons. The van der Waals surface area contributed by atoms with Crippen LogP contribution in [-0.4, -0.2) is 36.5 Å². The van der Waals surface area contributed by atoms with Crippen LogP contribution in [0.5, 0.6) is 5.75 Å². The molecule has 1 unspecified atom stereocenters. The topological polar surface area (TPSA) is 92.9 Å². The van der Waals surface area contributed by atoms with Crippen LogP contribution in [0, 0.1) is 0 Å². The molecule has 4 aromatic rings. The van der Waals surface area contributed by atoms with E-state index in [2.05, 4.69) is 20.8 Å². The molecular formula is C23H21N5O2S. The van der Waals surface area contributed by atoms with E-state index in [4.69, 9.17) is 0 Å². The number of phenolic OH excluding ortho intramolecular Hbond substituents is 1. The van der Waals surface area contributed by atoms with Gasteiger partial charge < -0.3 is 10.4 Å². The highest BCUT2D eigenvalue weighted by molar-refractivity contribution is 8.00. The van der Waals surface area contributed by atoms with E-state index in [9.17, 15) is 9.90 Å². The minimum atomic E-state index is -0.434. The summed E-state index contributed by atoms with van der Waals surface area (Å²) in [5.41, 5.74) is 2.71. The summed E-state index contributed by atoms with van der Waals surface area (Å²) < 4.78 is 1.54. The van der Waals surface area contributed by atoms with E-state index in [0.29, 0.717) is 10.8 Å². The molecule has 1 atom stereocenters. The van der Waals surface area contributed by atoms with Gasteiger partial charge in [0.2, 0.25) is 11.1 Å². The first kappa shape index (κ1) is 20.6. The second-order valence-corrected chi connectivity index (χ2v) is 8.22. The van der Waals surface area contributed by atoms with Crippen LogP contribution in [0.1, 0.15) is 24.1 Å². The predicted octanol–water partition coefficient (Wildman–Crippen LogP) is 3.75. The molecule has 1 heterocycles. The number of aromatic hydroxyl groups is 1. The van der Waals surface area contributed by atoms with Crippen LogP contribution in [-0.2, 0) is 4.79 Å². The molecule has 8 heteroatoms. The van der Waals surface area contributed by atoms with E-state index >= 15 is 0 Å². The Morgan fingerprint density at radius 1 is 0.935 bits per heavy atom. The number of amides is 1. The van der Waals surface area contributed by atoms with Crippen LogP contribution < -0.4 is 5.32 Å². The number of phenols is 1. The summed E-state index contributed by atoms with van der Waals surface area (Å²) in [5, 5.41) is 24.5. The SMILES string of the molecule is CC(Sc1nnnn1-c1ccc(O)cc1)C(=O)NC(c1ccccc1)c1ccccc1. The third kappa shape index (κ3) is 4.92. The maximum Gasteiger partial charge on any atom is 0.234 e. The zero-order valence-electron chi connectivity index (χ0n) is 16.8. The molecule has 2 N–H and O–H groups in total. The van der Waals surface area contributed by atoms with Gasteiger partial charge >= 0.3 is 0 Å². The number of carbonyl (C=O) groups is 1. The fraction of sp³-hybridized carbons (Fsp3) is 0.130. The van der Waals surface area contributed by atoms with Crippen molar-refractivity contribution < 1.29 is 9.90 Å². The highest BCUT2D eigenvalue weighted by Gasteiger charge is 2.23. The summed E-state index contributed by atoms with van der Waals surface area (Å²) in [7, 11) is 0. The molecule has 0 saturated heterocycles. The Kier molecular flexibility index (Phi) is 6.28. The number of rotatable bonds is 7. The van der Waals surface area contributed by atoms with Crippen molar-refractivity contribution in [3.63, 3.8) is 0 Å². The van der Waals surface area contributed by atoms with Crippen molar-refractivity contribution >= 4 is 17.7 Å². The Labute approximate surface area is 184 Å². The molecule has 31 heavy (non-hydrogen) atoms. The maximum absolute atomic E-state index is 13.1. The molecule has 3 aromatic carbocycles. The third-order valence-corrected chi connectivity index (χ3v) is 5.77. The van der Waals surface area contributed by atoms with Crippen molar-refractivity contribution in [2.75, 3.05) is 0 Å². The zero-order chi connectivity index (χ0) is 21.6. The van der Waals surface area contributed by atoms with Gasteiger partial charge in [-0.05, 0) is 52.7 Å². The second-order valence-electron chi connectivity index (χ2n) is 6.91. The van der Waals surface area contributed by atoms with E-state index < -0.39 is 5.25 Å². The first-order valence-corrected chi connectivity index (χ1v) is 10.6. The number of thioether (sulfide) groups is 1. The first-order valence-electron chi connectivity index (χ1n) is 9.76. The molecule has 156 valence electrons. The molecule has 1 amide bonds. The van der Waals surface area contributed by atoms with Crippen LogP contribution in [0.3, 0.4) is 0 Å². The number of tetrazole rings is 1. The van der Waals surface area contributed by atoms with Gasteiger partial charge in [-0.3, -0.25) is 4.79 Å². The van der Waals surface area contributed by atoms with Crippen LogP contribution >= 0.6 is 11.8 Å². The molecule has 0 spiro atoms. The Bertz CT molecular complexity index is 1090. The molecule has 7 nitrogen and oxygen atoms in total. The quantitative estimate of drug-likeness (QED) is 0.433.